The van der Waals surface area contributed by atoms with E-state index in [1.165, 1.54) is 11.4 Å². The van der Waals surface area contributed by atoms with Crippen LogP contribution >= 0.6 is 0 Å². The molecule has 2 aromatic carbocycles. The van der Waals surface area contributed by atoms with Gasteiger partial charge in [-0.05, 0) is 133 Å². The number of Topliss-reactive ketones (excluding diaryl/α,β-unsaturated/α-hetero) is 2. The summed E-state index contributed by atoms with van der Waals surface area (Å²) in [5.74, 6) is 0.278. The highest BCUT2D eigenvalue weighted by atomic mass is 16.1. The van der Waals surface area contributed by atoms with Crippen molar-refractivity contribution >= 4 is 35.1 Å². The first-order valence-electron chi connectivity index (χ1n) is 12.8. The molecule has 0 spiro atoms. The molecule has 0 atom stereocenters. The van der Waals surface area contributed by atoms with Gasteiger partial charge in [-0.25, -0.2) is 0 Å². The summed E-state index contributed by atoms with van der Waals surface area (Å²) in [4.78, 5) is 27.5. The molecule has 4 rings (SSSR count). The molecule has 0 unspecified atom stereocenters. The van der Waals surface area contributed by atoms with Crippen molar-refractivity contribution in [1.82, 2.24) is 0 Å². The minimum absolute atomic E-state index is 0.139. The Morgan fingerprint density at radius 2 is 0.737 bits per heavy atom. The molecule has 0 aliphatic heterocycles. The maximum Gasteiger partial charge on any atom is 0.184 e. The average molecular weight is 507 g/mol. The molecule has 0 saturated carbocycles. The maximum absolute atomic E-state index is 11.7. The largest absolute Gasteiger partial charge is 0.378 e. The second-order valence-corrected chi connectivity index (χ2v) is 10.2. The van der Waals surface area contributed by atoms with E-state index in [0.29, 0.717) is 0 Å². The number of carbonyl (C=O) groups excluding carboxylic acids is 2. The van der Waals surface area contributed by atoms with E-state index in [1.807, 2.05) is 80.2 Å². The van der Waals surface area contributed by atoms with Gasteiger partial charge in [0.1, 0.15) is 0 Å². The Labute approximate surface area is 227 Å². The molecule has 0 saturated heterocycles. The average Bonchev–Trinajstić information content (AvgIpc) is 2.87. The van der Waals surface area contributed by atoms with Gasteiger partial charge in [0.2, 0.25) is 0 Å². The summed E-state index contributed by atoms with van der Waals surface area (Å²) in [6.07, 6.45) is 12.0. The smallest absolute Gasteiger partial charge is 0.184 e. The lowest BCUT2D eigenvalue weighted by Crippen LogP contribution is -2.08. The number of hydrogen-bond acceptors (Lipinski definition) is 4. The summed E-state index contributed by atoms with van der Waals surface area (Å²) in [5.41, 5.74) is 10.0. The van der Waals surface area contributed by atoms with Gasteiger partial charge in [0, 0.05) is 39.6 Å². The Hall–Kier alpha value is -4.18. The number of allylic oxidation sites excluding steroid dienone is 10. The lowest BCUT2D eigenvalue weighted by atomic mass is 9.94. The van der Waals surface area contributed by atoms with Crippen molar-refractivity contribution in [2.45, 2.75) is 27.7 Å². The standard InChI is InChI=1S/2C17H19NO/c2*1-12-9-15(10-13(2)17(12)19)11-14-5-7-16(8-6-14)18(3)4/h2*5-11H,1-4H3. The van der Waals surface area contributed by atoms with E-state index in [0.717, 1.165) is 44.6 Å². The second-order valence-electron chi connectivity index (χ2n) is 10.2. The van der Waals surface area contributed by atoms with Gasteiger partial charge >= 0.3 is 0 Å². The number of anilines is 2. The van der Waals surface area contributed by atoms with Gasteiger partial charge in [0.05, 0.1) is 0 Å². The van der Waals surface area contributed by atoms with Crippen molar-refractivity contribution in [2.24, 2.45) is 0 Å². The van der Waals surface area contributed by atoms with Crippen LogP contribution in [0.2, 0.25) is 0 Å². The lowest BCUT2D eigenvalue weighted by molar-refractivity contribution is -0.113. The number of ketones is 2. The van der Waals surface area contributed by atoms with Crippen LogP contribution < -0.4 is 9.80 Å². The molecule has 38 heavy (non-hydrogen) atoms. The van der Waals surface area contributed by atoms with Gasteiger partial charge in [0.25, 0.3) is 0 Å². The van der Waals surface area contributed by atoms with Gasteiger partial charge in [-0.2, -0.15) is 0 Å². The molecule has 0 N–H and O–H groups in total. The predicted molar refractivity (Wildman–Crippen MR) is 163 cm³/mol. The van der Waals surface area contributed by atoms with Crippen LogP contribution in [0.1, 0.15) is 38.8 Å². The number of hydrogen-bond donors (Lipinski definition) is 0. The van der Waals surface area contributed by atoms with E-state index in [9.17, 15) is 9.59 Å². The van der Waals surface area contributed by atoms with Crippen LogP contribution in [0.3, 0.4) is 0 Å². The van der Waals surface area contributed by atoms with Crippen molar-refractivity contribution in [1.29, 1.82) is 0 Å². The molecule has 0 bridgehead atoms. The molecule has 196 valence electrons. The van der Waals surface area contributed by atoms with Crippen LogP contribution in [0.25, 0.3) is 12.2 Å². The summed E-state index contributed by atoms with van der Waals surface area (Å²) in [6.45, 7) is 7.45. The molecule has 0 heterocycles. The number of nitrogens with zero attached hydrogens (tertiary/aromatic N) is 2. The Kier molecular flexibility index (Phi) is 9.25. The summed E-state index contributed by atoms with van der Waals surface area (Å²) >= 11 is 0. The monoisotopic (exact) mass is 506 g/mol. The van der Waals surface area contributed by atoms with E-state index in [1.54, 1.807) is 0 Å². The van der Waals surface area contributed by atoms with Crippen molar-refractivity contribution in [3.63, 3.8) is 0 Å². The van der Waals surface area contributed by atoms with Gasteiger partial charge in [-0.15, -0.1) is 0 Å². The summed E-state index contributed by atoms with van der Waals surface area (Å²) in [6, 6.07) is 16.7. The third-order valence-electron chi connectivity index (χ3n) is 6.45. The summed E-state index contributed by atoms with van der Waals surface area (Å²) < 4.78 is 0. The molecule has 0 fully saturated rings. The van der Waals surface area contributed by atoms with Crippen molar-refractivity contribution in [3.8, 4) is 0 Å². The number of benzene rings is 2. The van der Waals surface area contributed by atoms with E-state index in [4.69, 9.17) is 0 Å². The highest BCUT2D eigenvalue weighted by molar-refractivity contribution is 6.10. The van der Waals surface area contributed by atoms with Crippen LogP contribution in [0.5, 0.6) is 0 Å². The summed E-state index contributed by atoms with van der Waals surface area (Å²) in [7, 11) is 8.10. The molecule has 4 nitrogen and oxygen atoms in total. The zero-order valence-corrected chi connectivity index (χ0v) is 23.8. The first-order chi connectivity index (χ1) is 17.9. The fourth-order valence-electron chi connectivity index (χ4n) is 4.26. The topological polar surface area (TPSA) is 40.6 Å². The first-order valence-corrected chi connectivity index (χ1v) is 12.8. The van der Waals surface area contributed by atoms with Crippen LogP contribution in [0.15, 0.2) is 106 Å². The van der Waals surface area contributed by atoms with Crippen LogP contribution in [-0.4, -0.2) is 39.8 Å². The fraction of sp³-hybridized carbons (Fsp3) is 0.235. The van der Waals surface area contributed by atoms with E-state index >= 15 is 0 Å². The molecular formula is C34H38N2O2. The van der Waals surface area contributed by atoms with E-state index in [-0.39, 0.29) is 11.6 Å². The number of carbonyl (C=O) groups is 2. The van der Waals surface area contributed by atoms with Gasteiger partial charge < -0.3 is 9.80 Å². The Bertz CT molecular complexity index is 1230. The zero-order chi connectivity index (χ0) is 28.0. The van der Waals surface area contributed by atoms with Crippen molar-refractivity contribution < 1.29 is 9.59 Å². The molecule has 0 amide bonds. The molecular weight excluding hydrogens is 468 g/mol. The molecule has 2 aromatic rings. The van der Waals surface area contributed by atoms with Gasteiger partial charge in [-0.1, -0.05) is 24.3 Å². The van der Waals surface area contributed by atoms with E-state index < -0.39 is 0 Å². The molecule has 2 aliphatic carbocycles. The third kappa shape index (κ3) is 7.42. The normalized spacial score (nSPS) is 14.9. The van der Waals surface area contributed by atoms with Crippen LogP contribution in [-0.2, 0) is 9.59 Å². The summed E-state index contributed by atoms with van der Waals surface area (Å²) in [5, 5.41) is 0. The van der Waals surface area contributed by atoms with Crippen molar-refractivity contribution in [2.75, 3.05) is 38.0 Å². The molecule has 0 radical (unpaired) electrons. The quantitative estimate of drug-likeness (QED) is 0.439. The number of rotatable bonds is 4. The third-order valence-corrected chi connectivity index (χ3v) is 6.45. The highest BCUT2D eigenvalue weighted by Gasteiger charge is 2.13. The van der Waals surface area contributed by atoms with Crippen molar-refractivity contribution in [3.05, 3.63) is 117 Å². The van der Waals surface area contributed by atoms with E-state index in [2.05, 4.69) is 70.5 Å². The molecule has 4 heteroatoms. The van der Waals surface area contributed by atoms with Gasteiger partial charge in [0.15, 0.2) is 11.6 Å². The lowest BCUT2D eigenvalue weighted by Gasteiger charge is -2.12. The SMILES string of the molecule is CC1=CC(=Cc2ccc(N(C)C)cc2)C=C(C)C1=O.CC1=CC(=Cc2ccc(N(C)C)cc2)C=C(C)C1=O. The van der Waals surface area contributed by atoms with Gasteiger partial charge in [-0.3, -0.25) is 9.59 Å². The Morgan fingerprint density at radius 1 is 0.474 bits per heavy atom. The maximum atomic E-state index is 11.7. The van der Waals surface area contributed by atoms with Crippen LogP contribution in [0, 0.1) is 0 Å². The first kappa shape index (κ1) is 28.4. The second kappa shape index (κ2) is 12.4. The molecule has 0 aromatic heterocycles. The Balaban J connectivity index is 0.000000211. The van der Waals surface area contributed by atoms with Crippen LogP contribution in [0.4, 0.5) is 11.4 Å². The minimum Gasteiger partial charge on any atom is -0.378 e. The highest BCUT2D eigenvalue weighted by Crippen LogP contribution is 2.23. The zero-order valence-electron chi connectivity index (χ0n) is 23.8. The Morgan fingerprint density at radius 3 is 0.974 bits per heavy atom. The fourth-order valence-corrected chi connectivity index (χ4v) is 4.26. The molecule has 2 aliphatic rings. The minimum atomic E-state index is 0.139. The predicted octanol–water partition coefficient (Wildman–Crippen LogP) is 7.22.